The van der Waals surface area contributed by atoms with Gasteiger partial charge in [-0.25, -0.2) is 9.97 Å². The molecule has 16 heavy (non-hydrogen) atoms. The van der Waals surface area contributed by atoms with Gasteiger partial charge in [0.25, 0.3) is 0 Å². The largest absolute Gasteiger partial charge is 0.369 e. The topological polar surface area (TPSA) is 67.4 Å². The fraction of sp³-hybridized carbons (Fsp3) is 0.182. The minimum atomic E-state index is 0.420. The van der Waals surface area contributed by atoms with Gasteiger partial charge in [0.15, 0.2) is 11.8 Å². The zero-order valence-corrected chi connectivity index (χ0v) is 9.25. The molecule has 0 aliphatic carbocycles. The van der Waals surface area contributed by atoms with Crippen LogP contribution in [0.2, 0.25) is 0 Å². The van der Waals surface area contributed by atoms with Crippen molar-refractivity contribution < 1.29 is 0 Å². The molecule has 0 amide bonds. The second-order valence-corrected chi connectivity index (χ2v) is 3.58. The van der Waals surface area contributed by atoms with Crippen LogP contribution in [0, 0.1) is 0 Å². The number of aromatic nitrogens is 2. The van der Waals surface area contributed by atoms with Gasteiger partial charge >= 0.3 is 0 Å². The third kappa shape index (κ3) is 1.93. The predicted octanol–water partition coefficient (Wildman–Crippen LogP) is 1.14. The van der Waals surface area contributed by atoms with Gasteiger partial charge in [0.1, 0.15) is 6.33 Å². The summed E-state index contributed by atoms with van der Waals surface area (Å²) < 4.78 is 0. The van der Waals surface area contributed by atoms with Gasteiger partial charge in [0.2, 0.25) is 0 Å². The first-order valence-corrected chi connectivity index (χ1v) is 4.89. The molecule has 0 saturated carbocycles. The predicted molar refractivity (Wildman–Crippen MR) is 64.5 cm³/mol. The lowest BCUT2D eigenvalue weighted by Crippen LogP contribution is -2.29. The summed E-state index contributed by atoms with van der Waals surface area (Å²) in [7, 11) is 3.67. The van der Waals surface area contributed by atoms with Crippen molar-refractivity contribution in [3.8, 4) is 0 Å². The van der Waals surface area contributed by atoms with Crippen LogP contribution in [0.1, 0.15) is 0 Å². The second kappa shape index (κ2) is 4.14. The maximum Gasteiger partial charge on any atom is 0.197 e. The van der Waals surface area contributed by atoms with E-state index >= 15 is 0 Å². The molecule has 0 fully saturated rings. The molecule has 0 radical (unpaired) electrons. The Hall–Kier alpha value is -2.17. The van der Waals surface area contributed by atoms with E-state index in [9.17, 15) is 0 Å². The molecule has 5 heteroatoms. The highest BCUT2D eigenvalue weighted by Gasteiger charge is 2.02. The smallest absolute Gasteiger partial charge is 0.197 e. The number of benzene rings is 1. The zero-order chi connectivity index (χ0) is 11.5. The van der Waals surface area contributed by atoms with Crippen molar-refractivity contribution in [1.82, 2.24) is 14.9 Å². The van der Waals surface area contributed by atoms with Crippen LogP contribution in [0.5, 0.6) is 0 Å². The molecule has 0 aliphatic heterocycles. The quantitative estimate of drug-likeness (QED) is 0.572. The van der Waals surface area contributed by atoms with Crippen molar-refractivity contribution in [3.05, 3.63) is 30.6 Å². The highest BCUT2D eigenvalue weighted by molar-refractivity contribution is 5.91. The maximum absolute atomic E-state index is 5.76. The lowest BCUT2D eigenvalue weighted by atomic mass is 10.2. The molecule has 0 bridgehead atoms. The molecule has 2 rings (SSSR count). The normalized spacial score (nSPS) is 11.8. The average Bonchev–Trinajstić information content (AvgIpc) is 2.29. The molecule has 0 spiro atoms. The number of aliphatic imine (C=N–C) groups is 1. The second-order valence-electron chi connectivity index (χ2n) is 3.58. The first-order valence-electron chi connectivity index (χ1n) is 4.89. The molecule has 1 aromatic carbocycles. The summed E-state index contributed by atoms with van der Waals surface area (Å²) in [5.74, 6) is 1.01. The third-order valence-electron chi connectivity index (χ3n) is 2.20. The summed E-state index contributed by atoms with van der Waals surface area (Å²) in [4.78, 5) is 14.3. The van der Waals surface area contributed by atoms with Crippen molar-refractivity contribution in [1.29, 1.82) is 0 Å². The molecule has 1 heterocycles. The van der Waals surface area contributed by atoms with Gasteiger partial charge in [-0.3, -0.25) is 0 Å². The van der Waals surface area contributed by atoms with Crippen LogP contribution in [0.15, 0.2) is 35.6 Å². The molecule has 0 aliphatic rings. The molecule has 2 N–H and O–H groups in total. The van der Waals surface area contributed by atoms with E-state index in [4.69, 9.17) is 5.73 Å². The van der Waals surface area contributed by atoms with Crippen LogP contribution in [0.25, 0.3) is 10.9 Å². The van der Waals surface area contributed by atoms with Crippen LogP contribution in [0.3, 0.4) is 0 Å². The minimum Gasteiger partial charge on any atom is -0.369 e. The molecular formula is C11H13N5. The van der Waals surface area contributed by atoms with Gasteiger partial charge in [0.05, 0.1) is 5.52 Å². The van der Waals surface area contributed by atoms with E-state index in [1.165, 1.54) is 6.33 Å². The van der Waals surface area contributed by atoms with Crippen molar-refractivity contribution >= 4 is 22.7 Å². The fourth-order valence-electron chi connectivity index (χ4n) is 1.29. The molecule has 0 atom stereocenters. The van der Waals surface area contributed by atoms with E-state index in [-0.39, 0.29) is 0 Å². The number of nitrogens with zero attached hydrogens (tertiary/aromatic N) is 4. The standard InChI is InChI=1S/C11H13N5/c1-16(2)11(12)15-10-8-5-3-4-6-9(8)13-7-14-10/h3-7H,1-2H3,(H2,12,13,14,15). The highest BCUT2D eigenvalue weighted by Crippen LogP contribution is 2.20. The van der Waals surface area contributed by atoms with Gasteiger partial charge in [-0.2, -0.15) is 4.99 Å². The Balaban J connectivity index is 2.57. The maximum atomic E-state index is 5.76. The Labute approximate surface area is 93.6 Å². The average molecular weight is 215 g/mol. The zero-order valence-electron chi connectivity index (χ0n) is 9.25. The summed E-state index contributed by atoms with van der Waals surface area (Å²) in [5, 5.41) is 0.898. The Morgan fingerprint density at radius 2 is 2.00 bits per heavy atom. The van der Waals surface area contributed by atoms with Crippen LogP contribution in [-0.4, -0.2) is 34.9 Å². The number of fused-ring (bicyclic) bond motifs is 1. The SMILES string of the molecule is CN(C)C(N)=Nc1ncnc2ccccc12. The van der Waals surface area contributed by atoms with Crippen LogP contribution in [0.4, 0.5) is 5.82 Å². The van der Waals surface area contributed by atoms with Crippen LogP contribution >= 0.6 is 0 Å². The molecule has 2 aromatic rings. The highest BCUT2D eigenvalue weighted by atomic mass is 15.2. The molecular weight excluding hydrogens is 202 g/mol. The van der Waals surface area contributed by atoms with E-state index < -0.39 is 0 Å². The Morgan fingerprint density at radius 3 is 2.75 bits per heavy atom. The van der Waals surface area contributed by atoms with Gasteiger partial charge in [0, 0.05) is 19.5 Å². The molecule has 82 valence electrons. The molecule has 0 saturated heterocycles. The summed E-state index contributed by atoms with van der Waals surface area (Å²) in [5.41, 5.74) is 6.62. The van der Waals surface area contributed by atoms with E-state index in [1.54, 1.807) is 4.90 Å². The van der Waals surface area contributed by atoms with Gasteiger partial charge in [-0.05, 0) is 12.1 Å². The molecule has 1 aromatic heterocycles. The van der Waals surface area contributed by atoms with Crippen LogP contribution < -0.4 is 5.73 Å². The number of guanidine groups is 1. The number of nitrogens with two attached hydrogens (primary N) is 1. The summed E-state index contributed by atoms with van der Waals surface area (Å²) in [6.07, 6.45) is 1.49. The molecule has 5 nitrogen and oxygen atoms in total. The summed E-state index contributed by atoms with van der Waals surface area (Å²) in [6.45, 7) is 0. The van der Waals surface area contributed by atoms with Crippen molar-refractivity contribution in [2.45, 2.75) is 0 Å². The summed E-state index contributed by atoms with van der Waals surface area (Å²) >= 11 is 0. The van der Waals surface area contributed by atoms with E-state index in [1.807, 2.05) is 38.4 Å². The Bertz CT molecular complexity index is 527. The van der Waals surface area contributed by atoms with E-state index in [0.717, 1.165) is 10.9 Å². The van der Waals surface area contributed by atoms with E-state index in [0.29, 0.717) is 11.8 Å². The van der Waals surface area contributed by atoms with Gasteiger partial charge in [-0.1, -0.05) is 12.1 Å². The first-order chi connectivity index (χ1) is 7.68. The fourth-order valence-corrected chi connectivity index (χ4v) is 1.29. The van der Waals surface area contributed by atoms with Crippen LogP contribution in [-0.2, 0) is 0 Å². The lowest BCUT2D eigenvalue weighted by molar-refractivity contribution is 0.614. The number of hydrogen-bond donors (Lipinski definition) is 1. The Morgan fingerprint density at radius 1 is 1.25 bits per heavy atom. The number of hydrogen-bond acceptors (Lipinski definition) is 3. The van der Waals surface area contributed by atoms with Crippen molar-refractivity contribution in [3.63, 3.8) is 0 Å². The third-order valence-corrected chi connectivity index (χ3v) is 2.20. The van der Waals surface area contributed by atoms with Gasteiger partial charge in [-0.15, -0.1) is 0 Å². The molecule has 0 unspecified atom stereocenters. The van der Waals surface area contributed by atoms with Gasteiger partial charge < -0.3 is 10.6 Å². The number of rotatable bonds is 1. The van der Waals surface area contributed by atoms with Crippen molar-refractivity contribution in [2.24, 2.45) is 10.7 Å². The van der Waals surface area contributed by atoms with Crippen molar-refractivity contribution in [2.75, 3.05) is 14.1 Å². The Kier molecular flexibility index (Phi) is 2.68. The minimum absolute atomic E-state index is 0.420. The lowest BCUT2D eigenvalue weighted by Gasteiger charge is -2.10. The van der Waals surface area contributed by atoms with E-state index in [2.05, 4.69) is 15.0 Å². The monoisotopic (exact) mass is 215 g/mol. The summed E-state index contributed by atoms with van der Waals surface area (Å²) in [6, 6.07) is 7.70. The number of para-hydroxylation sites is 1. The first kappa shape index (κ1) is 10.4.